The van der Waals surface area contributed by atoms with Gasteiger partial charge in [-0.1, -0.05) is 91.0 Å². The van der Waals surface area contributed by atoms with Crippen LogP contribution in [0.15, 0.2) is 103 Å². The Labute approximate surface area is 228 Å². The van der Waals surface area contributed by atoms with Crippen molar-refractivity contribution < 1.29 is 29.1 Å². The Balaban J connectivity index is 1.57. The van der Waals surface area contributed by atoms with E-state index in [1.165, 1.54) is 36.4 Å². The van der Waals surface area contributed by atoms with Crippen molar-refractivity contribution in [3.8, 4) is 0 Å². The maximum absolute atomic E-state index is 14.6. The lowest BCUT2D eigenvalue weighted by atomic mass is 9.60. The van der Waals surface area contributed by atoms with E-state index >= 15 is 0 Å². The van der Waals surface area contributed by atoms with E-state index in [1.807, 2.05) is 0 Å². The fraction of sp³-hybridized carbons (Fsp3) is 0.125. The van der Waals surface area contributed by atoms with Crippen LogP contribution in [0.5, 0.6) is 0 Å². The van der Waals surface area contributed by atoms with Gasteiger partial charge in [0.2, 0.25) is 17.2 Å². The Hall–Kier alpha value is -4.76. The molecule has 196 valence electrons. The van der Waals surface area contributed by atoms with Crippen LogP contribution < -0.4 is 5.23 Å². The highest BCUT2D eigenvalue weighted by atomic mass is 16.8. The van der Waals surface area contributed by atoms with Crippen molar-refractivity contribution in [2.45, 2.75) is 17.6 Å². The zero-order valence-electron chi connectivity index (χ0n) is 20.8. The average molecular weight is 531 g/mol. The van der Waals surface area contributed by atoms with E-state index in [9.17, 15) is 29.6 Å². The van der Waals surface area contributed by atoms with E-state index < -0.39 is 46.2 Å². The number of fused-ring (bicyclic) bond motifs is 2. The number of Topliss-reactive ketones (excluding diaryl/α,β-unsaturated/α-hetero) is 4. The van der Waals surface area contributed by atoms with Crippen LogP contribution in [-0.4, -0.2) is 33.9 Å². The number of benzene rings is 4. The predicted molar refractivity (Wildman–Crippen MR) is 142 cm³/mol. The quantitative estimate of drug-likeness (QED) is 0.286. The Kier molecular flexibility index (Phi) is 5.08. The van der Waals surface area contributed by atoms with Crippen molar-refractivity contribution in [2.75, 3.05) is 5.23 Å². The van der Waals surface area contributed by atoms with E-state index in [-0.39, 0.29) is 38.7 Å². The number of hydrogen-bond acceptors (Lipinski definition) is 8. The molecule has 1 saturated heterocycles. The maximum atomic E-state index is 14.6. The number of rotatable bonds is 3. The normalized spacial score (nSPS) is 21.8. The van der Waals surface area contributed by atoms with Gasteiger partial charge in [0, 0.05) is 22.3 Å². The van der Waals surface area contributed by atoms with Crippen LogP contribution in [0.1, 0.15) is 64.6 Å². The van der Waals surface area contributed by atoms with Gasteiger partial charge in [0.1, 0.15) is 11.5 Å². The van der Waals surface area contributed by atoms with Crippen molar-refractivity contribution in [1.82, 2.24) is 0 Å². The molecular formula is C32H20NO7-. The number of ketones is 4. The summed E-state index contributed by atoms with van der Waals surface area (Å²) >= 11 is 0. The molecular weight excluding hydrogens is 510 g/mol. The summed E-state index contributed by atoms with van der Waals surface area (Å²) in [5.41, 5.74) is -2.93. The number of carbonyl (C=O) groups excluding carboxylic acids is 4. The standard InChI is InChI=1S/C32H20NO7/c34-26-21-10-4-5-11-22(21)27(35)31(26)25(18-14-16-20(17-15-18)33(38)39)32(40-30(31)19-8-2-1-3-9-19)28(36)23-12-6-7-13-24(23)29(32)37/h1-17,25,30,38H/q-1. The minimum atomic E-state index is -2.23. The Bertz CT molecular complexity index is 1670. The van der Waals surface area contributed by atoms with E-state index in [2.05, 4.69) is 0 Å². The fourth-order valence-electron chi connectivity index (χ4n) is 6.75. The molecule has 1 heterocycles. The molecule has 0 saturated carbocycles. The van der Waals surface area contributed by atoms with Gasteiger partial charge in [0.25, 0.3) is 0 Å². The molecule has 7 rings (SSSR count). The van der Waals surface area contributed by atoms with E-state index in [4.69, 9.17) is 4.74 Å². The topological polar surface area (TPSA) is 124 Å². The lowest BCUT2D eigenvalue weighted by Crippen LogP contribution is -2.51. The molecule has 8 heteroatoms. The van der Waals surface area contributed by atoms with E-state index in [0.29, 0.717) is 5.56 Å². The number of hydrogen-bond donors (Lipinski definition) is 1. The highest BCUT2D eigenvalue weighted by molar-refractivity contribution is 6.37. The third kappa shape index (κ3) is 2.84. The molecule has 0 radical (unpaired) electrons. The molecule has 2 unspecified atom stereocenters. The van der Waals surface area contributed by atoms with Gasteiger partial charge < -0.3 is 15.2 Å². The molecule has 40 heavy (non-hydrogen) atoms. The Morgan fingerprint density at radius 1 is 0.600 bits per heavy atom. The summed E-state index contributed by atoms with van der Waals surface area (Å²) in [6, 6.07) is 26.9. The van der Waals surface area contributed by atoms with Gasteiger partial charge in [-0.05, 0) is 23.3 Å². The van der Waals surface area contributed by atoms with E-state index in [1.54, 1.807) is 66.7 Å². The molecule has 8 nitrogen and oxygen atoms in total. The molecule has 0 amide bonds. The fourth-order valence-corrected chi connectivity index (χ4v) is 6.75. The van der Waals surface area contributed by atoms with Crippen molar-refractivity contribution in [3.05, 3.63) is 142 Å². The molecule has 0 bridgehead atoms. The van der Waals surface area contributed by atoms with Crippen LogP contribution in [0.25, 0.3) is 0 Å². The third-order valence-corrected chi connectivity index (χ3v) is 8.39. The summed E-state index contributed by atoms with van der Waals surface area (Å²) in [4.78, 5) is 57.8. The molecule has 0 aromatic heterocycles. The van der Waals surface area contributed by atoms with Crippen molar-refractivity contribution in [2.24, 2.45) is 5.41 Å². The molecule has 3 aliphatic rings. The van der Waals surface area contributed by atoms with Gasteiger partial charge in [-0.25, -0.2) is 0 Å². The molecule has 1 aliphatic heterocycles. The second-order valence-electron chi connectivity index (χ2n) is 10.2. The zero-order valence-corrected chi connectivity index (χ0v) is 20.8. The summed E-state index contributed by atoms with van der Waals surface area (Å²) in [5, 5.41) is 20.7. The molecule has 1 fully saturated rings. The highest BCUT2D eigenvalue weighted by Gasteiger charge is 2.79. The largest absolute Gasteiger partial charge is 0.733 e. The first-order chi connectivity index (χ1) is 19.3. The van der Waals surface area contributed by atoms with Gasteiger partial charge in [-0.3, -0.25) is 24.4 Å². The maximum Gasteiger partial charge on any atom is 0.204 e. The summed E-state index contributed by atoms with van der Waals surface area (Å²) < 4.78 is 6.60. The van der Waals surface area contributed by atoms with Gasteiger partial charge in [0.15, 0.2) is 11.6 Å². The monoisotopic (exact) mass is 530 g/mol. The molecule has 4 aromatic rings. The first kappa shape index (κ1) is 24.3. The third-order valence-electron chi connectivity index (χ3n) is 8.39. The van der Waals surface area contributed by atoms with Crippen LogP contribution in [-0.2, 0) is 4.74 Å². The van der Waals surface area contributed by atoms with Gasteiger partial charge in [-0.15, -0.1) is 0 Å². The molecule has 2 spiro atoms. The van der Waals surface area contributed by atoms with Gasteiger partial charge in [0.05, 0.1) is 11.6 Å². The highest BCUT2D eigenvalue weighted by Crippen LogP contribution is 2.67. The molecule has 1 N–H and O–H groups in total. The number of nitrogens with zero attached hydrogens (tertiary/aromatic N) is 1. The summed E-state index contributed by atoms with van der Waals surface area (Å²) in [6.07, 6.45) is -1.28. The van der Waals surface area contributed by atoms with Crippen LogP contribution >= 0.6 is 0 Å². The second kappa shape index (κ2) is 8.37. The minimum absolute atomic E-state index is 0.106. The first-order valence-corrected chi connectivity index (χ1v) is 12.7. The van der Waals surface area contributed by atoms with E-state index in [0.717, 1.165) is 0 Å². The summed E-state index contributed by atoms with van der Waals surface area (Å²) in [6.45, 7) is 0. The second-order valence-corrected chi connectivity index (χ2v) is 10.2. The van der Waals surface area contributed by atoms with Crippen molar-refractivity contribution in [3.63, 3.8) is 0 Å². The van der Waals surface area contributed by atoms with Gasteiger partial charge >= 0.3 is 0 Å². The lowest BCUT2D eigenvalue weighted by molar-refractivity contribution is -0.0210. The van der Waals surface area contributed by atoms with Gasteiger partial charge in [-0.2, -0.15) is 0 Å². The molecule has 4 aromatic carbocycles. The molecule has 2 aliphatic carbocycles. The Morgan fingerprint density at radius 2 is 1.05 bits per heavy atom. The smallest absolute Gasteiger partial charge is 0.204 e. The Morgan fingerprint density at radius 3 is 1.52 bits per heavy atom. The van der Waals surface area contributed by atoms with Crippen LogP contribution in [0.3, 0.4) is 0 Å². The van der Waals surface area contributed by atoms with Crippen molar-refractivity contribution in [1.29, 1.82) is 0 Å². The summed E-state index contributed by atoms with van der Waals surface area (Å²) in [7, 11) is 0. The zero-order chi connectivity index (χ0) is 27.8. The predicted octanol–water partition coefficient (Wildman–Crippen LogP) is 5.12. The SMILES string of the molecule is O=C1c2ccccc2C(=O)C12OC(c1ccccc1)C1(C(=O)c3ccccc3C1=O)C2c1ccc(N([O-])O)cc1. The molecule has 2 atom stereocenters. The summed E-state index contributed by atoms with van der Waals surface area (Å²) in [5.74, 6) is -3.74. The number of anilines is 1. The minimum Gasteiger partial charge on any atom is -0.733 e. The first-order valence-electron chi connectivity index (χ1n) is 12.7. The number of carbonyl (C=O) groups is 4. The number of ether oxygens (including phenoxy) is 1. The van der Waals surface area contributed by atoms with Crippen LogP contribution in [0, 0.1) is 10.6 Å². The van der Waals surface area contributed by atoms with Crippen LogP contribution in [0.4, 0.5) is 5.69 Å². The van der Waals surface area contributed by atoms with Crippen molar-refractivity contribution >= 4 is 28.8 Å². The van der Waals surface area contributed by atoms with Crippen LogP contribution in [0.2, 0.25) is 0 Å². The average Bonchev–Trinajstić information content (AvgIpc) is 3.52. The lowest BCUT2D eigenvalue weighted by Gasteiger charge is -2.35.